The Morgan fingerprint density at radius 2 is 1.08 bits per heavy atom. The number of hydrogen-bond acceptors (Lipinski definition) is 9. The predicted octanol–water partition coefficient (Wildman–Crippen LogP) is 10.4. The summed E-state index contributed by atoms with van der Waals surface area (Å²) < 4.78 is 28.3. The first-order valence-corrected chi connectivity index (χ1v) is 21.0. The summed E-state index contributed by atoms with van der Waals surface area (Å²) in [6.07, 6.45) is 28.9. The van der Waals surface area contributed by atoms with Crippen molar-refractivity contribution in [3.05, 3.63) is 24.3 Å². The highest BCUT2D eigenvalue weighted by atomic mass is 16.7. The molecule has 0 spiro atoms. The molecule has 0 bridgehead atoms. The van der Waals surface area contributed by atoms with E-state index in [1.807, 2.05) is 0 Å². The number of carbonyl (C=O) groups excluding carboxylic acids is 3. The van der Waals surface area contributed by atoms with Crippen LogP contribution in [0.3, 0.4) is 0 Å². The topological polar surface area (TPSA) is 118 Å². The smallest absolute Gasteiger partial charge is 0.308 e. The van der Waals surface area contributed by atoms with Crippen LogP contribution in [-0.4, -0.2) is 68.9 Å². The summed E-state index contributed by atoms with van der Waals surface area (Å²) >= 11 is 0. The minimum Gasteiger partial charge on any atom is -0.465 e. The molecule has 9 heteroatoms. The normalized spacial score (nSPS) is 12.9. The van der Waals surface area contributed by atoms with Gasteiger partial charge in [-0.25, -0.2) is 0 Å². The van der Waals surface area contributed by atoms with Gasteiger partial charge in [0, 0.05) is 26.1 Å². The highest BCUT2D eigenvalue weighted by molar-refractivity contribution is 5.72. The zero-order valence-electron chi connectivity index (χ0n) is 33.8. The second kappa shape index (κ2) is 38.5. The van der Waals surface area contributed by atoms with Gasteiger partial charge in [-0.05, 0) is 77.0 Å². The number of rotatable bonds is 38. The molecule has 0 radical (unpaired) electrons. The van der Waals surface area contributed by atoms with Crippen LogP contribution >= 0.6 is 0 Å². The van der Waals surface area contributed by atoms with Gasteiger partial charge >= 0.3 is 17.9 Å². The van der Waals surface area contributed by atoms with Crippen LogP contribution in [0.15, 0.2) is 24.3 Å². The van der Waals surface area contributed by atoms with Gasteiger partial charge in [0.1, 0.15) is 0 Å². The zero-order chi connectivity index (χ0) is 38.3. The van der Waals surface area contributed by atoms with Crippen LogP contribution in [-0.2, 0) is 38.1 Å². The van der Waals surface area contributed by atoms with Gasteiger partial charge in [0.25, 0.3) is 0 Å². The molecule has 9 nitrogen and oxygen atoms in total. The summed E-state index contributed by atoms with van der Waals surface area (Å²) in [6.45, 7) is 9.87. The maximum Gasteiger partial charge on any atom is 0.308 e. The van der Waals surface area contributed by atoms with E-state index in [-0.39, 0.29) is 50.5 Å². The molecule has 0 aliphatic heterocycles. The number of aliphatic hydroxyl groups excluding tert-OH is 1. The first kappa shape index (κ1) is 49.8. The Morgan fingerprint density at radius 3 is 1.65 bits per heavy atom. The van der Waals surface area contributed by atoms with E-state index in [9.17, 15) is 19.5 Å². The number of carbonyl (C=O) groups is 3. The van der Waals surface area contributed by atoms with Crippen LogP contribution in [0.5, 0.6) is 0 Å². The van der Waals surface area contributed by atoms with Gasteiger partial charge in [0.15, 0.2) is 6.29 Å². The highest BCUT2D eigenvalue weighted by Gasteiger charge is 2.19. The van der Waals surface area contributed by atoms with Crippen molar-refractivity contribution < 1.29 is 43.2 Å². The molecule has 0 aromatic heterocycles. The van der Waals surface area contributed by atoms with Gasteiger partial charge in [-0.15, -0.1) is 0 Å². The quantitative estimate of drug-likeness (QED) is 0.0217. The summed E-state index contributed by atoms with van der Waals surface area (Å²) in [5.74, 6) is -1.26. The lowest BCUT2D eigenvalue weighted by Crippen LogP contribution is -2.25. The Balaban J connectivity index is 4.30. The molecule has 0 fully saturated rings. The number of esters is 3. The Morgan fingerprint density at radius 1 is 0.538 bits per heavy atom. The van der Waals surface area contributed by atoms with E-state index in [1.165, 1.54) is 19.3 Å². The lowest BCUT2D eigenvalue weighted by Gasteiger charge is -2.19. The number of unbranched alkanes of at least 4 members (excludes halogenated alkanes) is 11. The standard InChI is InChI=1S/C43H78O9/c1-5-9-13-16-19-24-32-48-42(49-33-25-20-17-14-10-6-2)31-30-41(46)52-37-38(35-44)36-51-40(45)29-23-18-21-26-34-50-43(47)39(27-12-8-4)28-22-15-11-7-3/h9-10,13-14,38-39,42,44H,5-8,11-12,15-37H2,1-4H3/b13-9-,14-10-. The van der Waals surface area contributed by atoms with Gasteiger partial charge in [0.2, 0.25) is 0 Å². The highest BCUT2D eigenvalue weighted by Crippen LogP contribution is 2.19. The van der Waals surface area contributed by atoms with Crippen molar-refractivity contribution in [3.8, 4) is 0 Å². The molecule has 0 aromatic rings. The summed E-state index contributed by atoms with van der Waals surface area (Å²) in [7, 11) is 0. The third kappa shape index (κ3) is 32.4. The fourth-order valence-corrected chi connectivity index (χ4v) is 5.56. The molecule has 2 unspecified atom stereocenters. The van der Waals surface area contributed by atoms with Crippen LogP contribution in [0.1, 0.15) is 175 Å². The van der Waals surface area contributed by atoms with E-state index in [4.69, 9.17) is 23.7 Å². The third-order valence-corrected chi connectivity index (χ3v) is 8.91. The van der Waals surface area contributed by atoms with Crippen LogP contribution in [0, 0.1) is 11.8 Å². The molecule has 0 saturated heterocycles. The fourth-order valence-electron chi connectivity index (χ4n) is 5.56. The zero-order valence-corrected chi connectivity index (χ0v) is 33.8. The minimum atomic E-state index is -0.484. The molecule has 0 saturated carbocycles. The van der Waals surface area contributed by atoms with Gasteiger partial charge in [-0.3, -0.25) is 14.4 Å². The van der Waals surface area contributed by atoms with Crippen molar-refractivity contribution in [2.45, 2.75) is 182 Å². The van der Waals surface area contributed by atoms with Gasteiger partial charge in [0.05, 0.1) is 44.7 Å². The summed E-state index contributed by atoms with van der Waals surface area (Å²) in [5, 5.41) is 9.76. The largest absolute Gasteiger partial charge is 0.465 e. The summed E-state index contributed by atoms with van der Waals surface area (Å²) in [5.41, 5.74) is 0. The summed E-state index contributed by atoms with van der Waals surface area (Å²) in [4.78, 5) is 37.4. The number of allylic oxidation sites excluding steroid dienone is 4. The Bertz CT molecular complexity index is 864. The summed E-state index contributed by atoms with van der Waals surface area (Å²) in [6, 6.07) is 0. The maximum absolute atomic E-state index is 12.6. The maximum atomic E-state index is 12.6. The van der Waals surface area contributed by atoms with E-state index >= 15 is 0 Å². The van der Waals surface area contributed by atoms with Crippen molar-refractivity contribution in [2.24, 2.45) is 11.8 Å². The molecule has 0 aliphatic carbocycles. The second-order valence-electron chi connectivity index (χ2n) is 13.9. The van der Waals surface area contributed by atoms with Crippen molar-refractivity contribution in [1.29, 1.82) is 0 Å². The van der Waals surface area contributed by atoms with E-state index in [1.54, 1.807) is 0 Å². The van der Waals surface area contributed by atoms with E-state index < -0.39 is 18.2 Å². The monoisotopic (exact) mass is 739 g/mol. The van der Waals surface area contributed by atoms with Crippen molar-refractivity contribution in [2.75, 3.05) is 39.6 Å². The van der Waals surface area contributed by atoms with E-state index in [2.05, 4.69) is 52.0 Å². The first-order valence-electron chi connectivity index (χ1n) is 21.0. The first-order chi connectivity index (χ1) is 25.4. The van der Waals surface area contributed by atoms with Gasteiger partial charge in [-0.1, -0.05) is 103 Å². The third-order valence-electron chi connectivity index (χ3n) is 8.91. The Kier molecular flexibility index (Phi) is 36.8. The Hall–Kier alpha value is -2.23. The molecule has 304 valence electrons. The minimum absolute atomic E-state index is 0.00799. The molecular formula is C43H78O9. The number of hydrogen-bond donors (Lipinski definition) is 1. The molecule has 0 heterocycles. The van der Waals surface area contributed by atoms with Gasteiger partial charge < -0.3 is 28.8 Å². The van der Waals surface area contributed by atoms with Crippen LogP contribution in [0.2, 0.25) is 0 Å². The average molecular weight is 739 g/mol. The lowest BCUT2D eigenvalue weighted by molar-refractivity contribution is -0.161. The van der Waals surface area contributed by atoms with Crippen molar-refractivity contribution in [1.82, 2.24) is 0 Å². The van der Waals surface area contributed by atoms with E-state index in [0.717, 1.165) is 103 Å². The number of aliphatic hydroxyl groups is 1. The number of ether oxygens (including phenoxy) is 5. The SMILES string of the molecule is CC/C=C\CCCCOC(CCC(=O)OCC(CO)COC(=O)CCCCCCOC(=O)C(CCCC)CCCCCC)OCCCC/C=C\CC. The van der Waals surface area contributed by atoms with Crippen LogP contribution in [0.25, 0.3) is 0 Å². The molecule has 0 aromatic carbocycles. The van der Waals surface area contributed by atoms with Gasteiger partial charge in [-0.2, -0.15) is 0 Å². The molecule has 52 heavy (non-hydrogen) atoms. The van der Waals surface area contributed by atoms with Crippen LogP contribution < -0.4 is 0 Å². The molecule has 0 rings (SSSR count). The van der Waals surface area contributed by atoms with Crippen molar-refractivity contribution >= 4 is 17.9 Å². The predicted molar refractivity (Wildman–Crippen MR) is 210 cm³/mol. The second-order valence-corrected chi connectivity index (χ2v) is 13.9. The molecule has 0 amide bonds. The molecular weight excluding hydrogens is 660 g/mol. The molecule has 0 aliphatic rings. The Labute approximate surface area is 318 Å². The van der Waals surface area contributed by atoms with Crippen LogP contribution in [0.4, 0.5) is 0 Å². The van der Waals surface area contributed by atoms with E-state index in [0.29, 0.717) is 32.7 Å². The molecule has 2 atom stereocenters. The fraction of sp³-hybridized carbons (Fsp3) is 0.837. The van der Waals surface area contributed by atoms with Crippen molar-refractivity contribution in [3.63, 3.8) is 0 Å². The molecule has 1 N–H and O–H groups in total. The lowest BCUT2D eigenvalue weighted by atomic mass is 9.95. The average Bonchev–Trinajstić information content (AvgIpc) is 3.15.